The van der Waals surface area contributed by atoms with E-state index >= 15 is 0 Å². The fraction of sp³-hybridized carbons (Fsp3) is 0.308. The molecule has 0 spiro atoms. The number of unbranched alkanes of at least 4 members (excludes halogenated alkanes) is 3. The van der Waals surface area contributed by atoms with Crippen LogP contribution in [-0.4, -0.2) is 32.2 Å². The van der Waals surface area contributed by atoms with Crippen LogP contribution < -0.4 is 5.32 Å². The summed E-state index contributed by atoms with van der Waals surface area (Å²) in [5.41, 5.74) is 2.55. The highest BCUT2D eigenvalue weighted by molar-refractivity contribution is 7.98. The van der Waals surface area contributed by atoms with E-state index in [4.69, 9.17) is 11.6 Å². The first-order valence-electron chi connectivity index (χ1n) is 11.7. The minimum Gasteiger partial charge on any atom is -0.351 e. The molecule has 2 aromatic heterocycles. The quantitative estimate of drug-likeness (QED) is 0.167. The predicted octanol–water partition coefficient (Wildman–Crippen LogP) is 6.57. The summed E-state index contributed by atoms with van der Waals surface area (Å²) in [7, 11) is 0. The number of nitrogens with zero attached hydrogens (tertiary/aromatic N) is 4. The molecule has 0 saturated carbocycles. The second-order valence-electron chi connectivity index (χ2n) is 8.11. The first-order valence-corrected chi connectivity index (χ1v) is 14.0. The van der Waals surface area contributed by atoms with Crippen molar-refractivity contribution in [1.29, 1.82) is 0 Å². The lowest BCUT2D eigenvalue weighted by atomic mass is 10.1. The Bertz CT molecular complexity index is 1240. The Morgan fingerprint density at radius 3 is 2.74 bits per heavy atom. The van der Waals surface area contributed by atoms with Gasteiger partial charge < -0.3 is 5.32 Å². The first-order chi connectivity index (χ1) is 17.1. The molecule has 2 heterocycles. The second-order valence-corrected chi connectivity index (χ2v) is 10.4. The molecule has 0 fully saturated rings. The van der Waals surface area contributed by atoms with Crippen molar-refractivity contribution in [2.45, 2.75) is 49.9 Å². The molecule has 0 aliphatic carbocycles. The van der Waals surface area contributed by atoms with Crippen LogP contribution in [0.1, 0.15) is 59.5 Å². The Labute approximate surface area is 219 Å². The zero-order valence-corrected chi connectivity index (χ0v) is 22.0. The topological polar surface area (TPSA) is 72.7 Å². The van der Waals surface area contributed by atoms with Crippen molar-refractivity contribution in [3.8, 4) is 5.69 Å². The molecule has 35 heavy (non-hydrogen) atoms. The molecule has 1 amide bonds. The number of nitrogens with one attached hydrogen (secondary N) is 1. The van der Waals surface area contributed by atoms with E-state index in [1.807, 2.05) is 52.4 Å². The van der Waals surface area contributed by atoms with E-state index in [0.717, 1.165) is 40.1 Å². The van der Waals surface area contributed by atoms with Crippen molar-refractivity contribution in [3.05, 3.63) is 87.1 Å². The third-order valence-electron chi connectivity index (χ3n) is 5.40. The standard InChI is InChI=1S/C26H28ClN5OS2/c1-2-3-4-8-14-28-25(33)22-17-34-24(29-22)18-35-26-31-30-23(15-19-10-6-5-7-11-19)32(26)21-13-9-12-20(27)16-21/h5-7,9-13,16-17H,2-4,8,14-15,18H2,1H3,(H,28,33). The van der Waals surface area contributed by atoms with Crippen molar-refractivity contribution in [2.24, 2.45) is 0 Å². The fourth-order valence-electron chi connectivity index (χ4n) is 3.61. The van der Waals surface area contributed by atoms with Crippen molar-refractivity contribution in [1.82, 2.24) is 25.1 Å². The molecule has 182 valence electrons. The third-order valence-corrected chi connectivity index (χ3v) is 7.60. The number of thiazole rings is 1. The van der Waals surface area contributed by atoms with Crippen molar-refractivity contribution in [3.63, 3.8) is 0 Å². The molecule has 6 nitrogen and oxygen atoms in total. The van der Waals surface area contributed by atoms with Gasteiger partial charge in [0.25, 0.3) is 5.91 Å². The average molecular weight is 526 g/mol. The number of hydrogen-bond donors (Lipinski definition) is 1. The summed E-state index contributed by atoms with van der Waals surface area (Å²) in [5.74, 6) is 1.32. The Kier molecular flexibility index (Phi) is 9.34. The molecule has 0 unspecified atom stereocenters. The molecule has 1 N–H and O–H groups in total. The zero-order valence-electron chi connectivity index (χ0n) is 19.6. The van der Waals surface area contributed by atoms with E-state index < -0.39 is 0 Å². The number of amides is 1. The molecule has 0 aliphatic heterocycles. The molecule has 0 atom stereocenters. The summed E-state index contributed by atoms with van der Waals surface area (Å²) in [6.45, 7) is 2.86. The lowest BCUT2D eigenvalue weighted by Gasteiger charge is -2.10. The Morgan fingerprint density at radius 2 is 1.94 bits per heavy atom. The van der Waals surface area contributed by atoms with Gasteiger partial charge >= 0.3 is 0 Å². The van der Waals surface area contributed by atoms with E-state index in [9.17, 15) is 4.79 Å². The van der Waals surface area contributed by atoms with Crippen LogP contribution in [0.25, 0.3) is 5.69 Å². The van der Waals surface area contributed by atoms with Gasteiger partial charge in [-0.3, -0.25) is 9.36 Å². The lowest BCUT2D eigenvalue weighted by molar-refractivity contribution is 0.0948. The van der Waals surface area contributed by atoms with Crippen molar-refractivity contribution >= 4 is 40.6 Å². The number of benzene rings is 2. The van der Waals surface area contributed by atoms with Gasteiger partial charge in [-0.05, 0) is 30.2 Å². The number of thioether (sulfide) groups is 1. The van der Waals surface area contributed by atoms with Crippen LogP contribution in [0.15, 0.2) is 65.1 Å². The van der Waals surface area contributed by atoms with Crippen LogP contribution in [0.3, 0.4) is 0 Å². The van der Waals surface area contributed by atoms with Gasteiger partial charge in [0.2, 0.25) is 0 Å². The maximum atomic E-state index is 12.4. The van der Waals surface area contributed by atoms with Gasteiger partial charge in [0, 0.05) is 23.4 Å². The molecular formula is C26H28ClN5OS2. The minimum absolute atomic E-state index is 0.110. The number of rotatable bonds is 12. The van der Waals surface area contributed by atoms with Crippen molar-refractivity contribution < 1.29 is 4.79 Å². The molecule has 0 aliphatic rings. The van der Waals surface area contributed by atoms with Gasteiger partial charge in [-0.15, -0.1) is 21.5 Å². The van der Waals surface area contributed by atoms with E-state index in [2.05, 4.69) is 39.6 Å². The van der Waals surface area contributed by atoms with Crippen LogP contribution in [0.5, 0.6) is 0 Å². The van der Waals surface area contributed by atoms with Crippen LogP contribution in [0.4, 0.5) is 0 Å². The van der Waals surface area contributed by atoms with Crippen LogP contribution in [-0.2, 0) is 12.2 Å². The molecule has 0 radical (unpaired) electrons. The highest BCUT2D eigenvalue weighted by atomic mass is 35.5. The van der Waals surface area contributed by atoms with Crippen LogP contribution in [0, 0.1) is 0 Å². The summed E-state index contributed by atoms with van der Waals surface area (Å²) in [4.78, 5) is 16.9. The number of hydrogen-bond acceptors (Lipinski definition) is 6. The average Bonchev–Trinajstić information content (AvgIpc) is 3.50. The summed E-state index contributed by atoms with van der Waals surface area (Å²) in [5, 5.41) is 16.0. The third kappa shape index (κ3) is 7.16. The largest absolute Gasteiger partial charge is 0.351 e. The number of halogens is 1. The van der Waals surface area contributed by atoms with Crippen molar-refractivity contribution in [2.75, 3.05) is 6.54 Å². The van der Waals surface area contributed by atoms with E-state index in [-0.39, 0.29) is 5.91 Å². The van der Waals surface area contributed by atoms with Gasteiger partial charge in [-0.2, -0.15) is 0 Å². The maximum Gasteiger partial charge on any atom is 0.270 e. The number of carbonyl (C=O) groups excluding carboxylic acids is 1. The Hall–Kier alpha value is -2.68. The normalized spacial score (nSPS) is 11.0. The Balaban J connectivity index is 1.45. The highest BCUT2D eigenvalue weighted by Gasteiger charge is 2.17. The Morgan fingerprint density at radius 1 is 1.09 bits per heavy atom. The zero-order chi connectivity index (χ0) is 24.5. The predicted molar refractivity (Wildman–Crippen MR) is 144 cm³/mol. The minimum atomic E-state index is -0.110. The number of carbonyl (C=O) groups is 1. The van der Waals surface area contributed by atoms with E-state index in [0.29, 0.717) is 29.4 Å². The molecule has 2 aromatic carbocycles. The lowest BCUT2D eigenvalue weighted by Crippen LogP contribution is -2.24. The fourth-order valence-corrected chi connectivity index (χ4v) is 5.56. The van der Waals surface area contributed by atoms with E-state index in [1.165, 1.54) is 24.2 Å². The SMILES string of the molecule is CCCCCCNC(=O)c1csc(CSc2nnc(Cc3ccccc3)n2-c2cccc(Cl)c2)n1. The molecular weight excluding hydrogens is 498 g/mol. The van der Waals surface area contributed by atoms with Gasteiger partial charge in [0.15, 0.2) is 5.16 Å². The molecule has 4 rings (SSSR count). The van der Waals surface area contributed by atoms with Gasteiger partial charge in [0.05, 0.1) is 11.4 Å². The monoisotopic (exact) mass is 525 g/mol. The summed E-state index contributed by atoms with van der Waals surface area (Å²) < 4.78 is 2.04. The summed E-state index contributed by atoms with van der Waals surface area (Å²) in [6, 6.07) is 17.9. The molecule has 4 aromatic rings. The molecule has 0 saturated heterocycles. The highest BCUT2D eigenvalue weighted by Crippen LogP contribution is 2.28. The first kappa shape index (κ1) is 25.4. The summed E-state index contributed by atoms with van der Waals surface area (Å²) in [6.07, 6.45) is 5.16. The van der Waals surface area contributed by atoms with Crippen LogP contribution in [0.2, 0.25) is 5.02 Å². The number of aromatic nitrogens is 4. The maximum absolute atomic E-state index is 12.4. The van der Waals surface area contributed by atoms with Gasteiger partial charge in [-0.25, -0.2) is 4.98 Å². The van der Waals surface area contributed by atoms with E-state index in [1.54, 1.807) is 11.8 Å². The molecule has 9 heteroatoms. The smallest absolute Gasteiger partial charge is 0.270 e. The second kappa shape index (κ2) is 12.9. The van der Waals surface area contributed by atoms with Gasteiger partial charge in [0.1, 0.15) is 16.5 Å². The molecule has 0 bridgehead atoms. The summed E-state index contributed by atoms with van der Waals surface area (Å²) >= 11 is 9.32. The van der Waals surface area contributed by atoms with Gasteiger partial charge in [-0.1, -0.05) is 85.9 Å². The van der Waals surface area contributed by atoms with Crippen LogP contribution >= 0.6 is 34.7 Å².